The van der Waals surface area contributed by atoms with Crippen LogP contribution < -0.4 is 10.5 Å². The number of nitrogens with two attached hydrogens (primary N) is 1. The molecule has 4 N–H and O–H groups in total. The molecule has 152 valence electrons. The predicted molar refractivity (Wildman–Crippen MR) is 113 cm³/mol. The van der Waals surface area contributed by atoms with Gasteiger partial charge in [0.1, 0.15) is 0 Å². The molecule has 0 saturated heterocycles. The molecule has 4 rings (SSSR count). The number of H-pyrrole nitrogens is 1. The van der Waals surface area contributed by atoms with Gasteiger partial charge >= 0.3 is 0 Å². The summed E-state index contributed by atoms with van der Waals surface area (Å²) >= 11 is 0. The number of aromatic nitrogens is 3. The summed E-state index contributed by atoms with van der Waals surface area (Å²) in [5, 5.41) is 8.98. The molecule has 0 fully saturated rings. The van der Waals surface area contributed by atoms with E-state index in [-0.39, 0.29) is 16.7 Å². The number of nitrogens with one attached hydrogen (secondary N) is 2. The molecular formula is C20H17FN6O2S. The van der Waals surface area contributed by atoms with Crippen LogP contribution in [0.15, 0.2) is 64.6 Å². The van der Waals surface area contributed by atoms with Gasteiger partial charge in [-0.1, -0.05) is 12.1 Å². The largest absolute Gasteiger partial charge is 0.359 e. The molecule has 0 amide bonds. The van der Waals surface area contributed by atoms with Gasteiger partial charge in [-0.3, -0.25) is 0 Å². The molecule has 0 bridgehead atoms. The van der Waals surface area contributed by atoms with Crippen LogP contribution in [0.25, 0.3) is 10.9 Å². The van der Waals surface area contributed by atoms with Crippen molar-refractivity contribution in [1.82, 2.24) is 15.0 Å². The molecule has 0 aliphatic carbocycles. The Balaban J connectivity index is 1.59. The molecule has 4 aromatic rings. The Morgan fingerprint density at radius 2 is 2.03 bits per heavy atom. The predicted octanol–water partition coefficient (Wildman–Crippen LogP) is 3.55. The highest BCUT2D eigenvalue weighted by Crippen LogP contribution is 2.21. The summed E-state index contributed by atoms with van der Waals surface area (Å²) in [5.74, 6) is -0.777. The zero-order chi connectivity index (χ0) is 21.3. The SMILES string of the molecule is Cc1cc2cc(C=Nc3nc(Nc4cccc(S(N)(=O)=O)c4)ncc3F)ccc2[nH]1. The van der Waals surface area contributed by atoms with E-state index in [1.807, 2.05) is 31.2 Å². The standard InChI is InChI=1S/C20H17FN6O2S/c1-12-7-14-8-13(5-6-18(14)25-12)10-23-19-17(21)11-24-20(27-19)26-15-3-2-4-16(9-15)30(22,28)29/h2-11,25H,1H3,(H2,22,28,29)(H,24,26,27). The third-order valence-electron chi connectivity index (χ3n) is 4.26. The van der Waals surface area contributed by atoms with E-state index in [2.05, 4.69) is 25.3 Å². The van der Waals surface area contributed by atoms with Gasteiger partial charge in [0, 0.05) is 28.5 Å². The number of aromatic amines is 1. The molecule has 0 aliphatic heterocycles. The van der Waals surface area contributed by atoms with Crippen molar-refractivity contribution in [2.75, 3.05) is 5.32 Å². The van der Waals surface area contributed by atoms with Gasteiger partial charge in [0.25, 0.3) is 0 Å². The second kappa shape index (κ2) is 7.65. The van der Waals surface area contributed by atoms with Crippen molar-refractivity contribution in [2.24, 2.45) is 10.1 Å². The first-order valence-corrected chi connectivity index (χ1v) is 10.4. The molecule has 0 atom stereocenters. The third kappa shape index (κ3) is 4.34. The van der Waals surface area contributed by atoms with Crippen molar-refractivity contribution in [3.05, 3.63) is 71.8 Å². The number of hydrogen-bond donors (Lipinski definition) is 3. The fraction of sp³-hybridized carbons (Fsp3) is 0.0500. The summed E-state index contributed by atoms with van der Waals surface area (Å²) < 4.78 is 37.1. The maximum absolute atomic E-state index is 14.1. The molecule has 2 heterocycles. The molecule has 0 spiro atoms. The summed E-state index contributed by atoms with van der Waals surface area (Å²) in [7, 11) is -3.85. The van der Waals surface area contributed by atoms with Crippen LogP contribution in [0.5, 0.6) is 0 Å². The van der Waals surface area contributed by atoms with E-state index in [0.717, 1.165) is 28.4 Å². The Hall–Kier alpha value is -3.63. The molecule has 8 nitrogen and oxygen atoms in total. The van der Waals surface area contributed by atoms with Crippen LogP contribution in [-0.4, -0.2) is 29.6 Å². The fourth-order valence-corrected chi connectivity index (χ4v) is 3.46. The average molecular weight is 424 g/mol. The van der Waals surface area contributed by atoms with Gasteiger partial charge in [-0.15, -0.1) is 0 Å². The number of aliphatic imine (C=N–C) groups is 1. The molecule has 0 aliphatic rings. The topological polar surface area (TPSA) is 126 Å². The van der Waals surface area contributed by atoms with Crippen molar-refractivity contribution in [3.8, 4) is 0 Å². The Morgan fingerprint density at radius 3 is 2.83 bits per heavy atom. The second-order valence-electron chi connectivity index (χ2n) is 6.62. The summed E-state index contributed by atoms with van der Waals surface area (Å²) in [4.78, 5) is 15.2. The summed E-state index contributed by atoms with van der Waals surface area (Å²) in [5.41, 5.74) is 3.22. The van der Waals surface area contributed by atoms with Crippen molar-refractivity contribution in [2.45, 2.75) is 11.8 Å². The molecule has 30 heavy (non-hydrogen) atoms. The second-order valence-corrected chi connectivity index (χ2v) is 8.18. The molecule has 2 aromatic carbocycles. The van der Waals surface area contributed by atoms with Crippen molar-refractivity contribution in [3.63, 3.8) is 0 Å². The molecule has 0 radical (unpaired) electrons. The lowest BCUT2D eigenvalue weighted by atomic mass is 10.2. The Bertz CT molecular complexity index is 1380. The van der Waals surface area contributed by atoms with E-state index in [1.165, 1.54) is 24.4 Å². The van der Waals surface area contributed by atoms with E-state index in [0.29, 0.717) is 5.69 Å². The number of aryl methyl sites for hydroxylation is 1. The highest BCUT2D eigenvalue weighted by atomic mass is 32.2. The zero-order valence-corrected chi connectivity index (χ0v) is 16.6. The Morgan fingerprint density at radius 1 is 1.20 bits per heavy atom. The van der Waals surface area contributed by atoms with E-state index in [1.54, 1.807) is 6.07 Å². The minimum atomic E-state index is -3.85. The van der Waals surface area contributed by atoms with Gasteiger partial charge in [-0.25, -0.2) is 27.9 Å². The monoisotopic (exact) mass is 424 g/mol. The highest BCUT2D eigenvalue weighted by Gasteiger charge is 2.10. The van der Waals surface area contributed by atoms with Crippen LogP contribution in [0, 0.1) is 12.7 Å². The van der Waals surface area contributed by atoms with Gasteiger partial charge in [0.05, 0.1) is 11.1 Å². The lowest BCUT2D eigenvalue weighted by molar-refractivity contribution is 0.598. The molecule has 0 unspecified atom stereocenters. The van der Waals surface area contributed by atoms with Gasteiger partial charge in [0.15, 0.2) is 11.6 Å². The minimum absolute atomic E-state index is 0.0619. The van der Waals surface area contributed by atoms with Crippen molar-refractivity contribution in [1.29, 1.82) is 0 Å². The number of benzene rings is 2. The van der Waals surface area contributed by atoms with Crippen LogP contribution in [0.2, 0.25) is 0 Å². The van der Waals surface area contributed by atoms with Crippen LogP contribution >= 0.6 is 0 Å². The van der Waals surface area contributed by atoms with Crippen LogP contribution in [-0.2, 0) is 10.0 Å². The summed E-state index contributed by atoms with van der Waals surface area (Å²) in [6.45, 7) is 1.97. The van der Waals surface area contributed by atoms with E-state index >= 15 is 0 Å². The lowest BCUT2D eigenvalue weighted by Crippen LogP contribution is -2.12. The van der Waals surface area contributed by atoms with Gasteiger partial charge in [0.2, 0.25) is 16.0 Å². The molecule has 10 heteroatoms. The number of hydrogen-bond acceptors (Lipinski definition) is 6. The van der Waals surface area contributed by atoms with Gasteiger partial charge < -0.3 is 10.3 Å². The number of anilines is 2. The van der Waals surface area contributed by atoms with Crippen LogP contribution in [0.1, 0.15) is 11.3 Å². The number of halogens is 1. The zero-order valence-electron chi connectivity index (χ0n) is 15.8. The van der Waals surface area contributed by atoms with Gasteiger partial charge in [-0.05, 0) is 48.9 Å². The smallest absolute Gasteiger partial charge is 0.238 e. The minimum Gasteiger partial charge on any atom is -0.359 e. The fourth-order valence-electron chi connectivity index (χ4n) is 2.90. The number of rotatable bonds is 5. The summed E-state index contributed by atoms with van der Waals surface area (Å²) in [6, 6.07) is 13.5. The lowest BCUT2D eigenvalue weighted by Gasteiger charge is -2.07. The highest BCUT2D eigenvalue weighted by molar-refractivity contribution is 7.89. The first-order valence-electron chi connectivity index (χ1n) is 8.84. The Kier molecular flexibility index (Phi) is 5.02. The maximum Gasteiger partial charge on any atom is 0.238 e. The van der Waals surface area contributed by atoms with E-state index < -0.39 is 15.8 Å². The quantitative estimate of drug-likeness (QED) is 0.422. The number of nitrogens with zero attached hydrogens (tertiary/aromatic N) is 3. The third-order valence-corrected chi connectivity index (χ3v) is 5.17. The number of sulfonamides is 1. The molecular weight excluding hydrogens is 407 g/mol. The van der Waals surface area contributed by atoms with Gasteiger partial charge in [-0.2, -0.15) is 4.98 Å². The molecule has 2 aromatic heterocycles. The molecule has 0 saturated carbocycles. The van der Waals surface area contributed by atoms with Crippen molar-refractivity contribution < 1.29 is 12.8 Å². The first-order chi connectivity index (χ1) is 14.3. The van der Waals surface area contributed by atoms with E-state index in [9.17, 15) is 12.8 Å². The maximum atomic E-state index is 14.1. The number of primary sulfonamides is 1. The number of fused-ring (bicyclic) bond motifs is 1. The first kappa shape index (κ1) is 19.7. The summed E-state index contributed by atoms with van der Waals surface area (Å²) in [6.07, 6.45) is 2.50. The van der Waals surface area contributed by atoms with E-state index in [4.69, 9.17) is 5.14 Å². The average Bonchev–Trinajstić information content (AvgIpc) is 3.07. The normalized spacial score (nSPS) is 12.0. The van der Waals surface area contributed by atoms with Crippen LogP contribution in [0.3, 0.4) is 0 Å². The van der Waals surface area contributed by atoms with Crippen molar-refractivity contribution >= 4 is 44.6 Å². The van der Waals surface area contributed by atoms with Crippen LogP contribution in [0.4, 0.5) is 21.8 Å². The Labute approximate surface area is 171 Å².